The zero-order valence-electron chi connectivity index (χ0n) is 15.8. The number of nitrogens with zero attached hydrogens (tertiary/aromatic N) is 3. The molecule has 1 aliphatic heterocycles. The van der Waals surface area contributed by atoms with Crippen LogP contribution in [0.4, 0.5) is 22.9 Å². The van der Waals surface area contributed by atoms with Crippen LogP contribution < -0.4 is 15.5 Å². The lowest BCUT2D eigenvalue weighted by molar-refractivity contribution is 0.974. The van der Waals surface area contributed by atoms with E-state index in [1.54, 1.807) is 0 Å². The van der Waals surface area contributed by atoms with Gasteiger partial charge in [-0.25, -0.2) is 0 Å². The Balaban J connectivity index is 1.54. The summed E-state index contributed by atoms with van der Waals surface area (Å²) in [4.78, 5) is 2.13. The number of hydrogen-bond acceptors (Lipinski definition) is 5. The van der Waals surface area contributed by atoms with Crippen molar-refractivity contribution in [3.63, 3.8) is 0 Å². The van der Waals surface area contributed by atoms with Crippen molar-refractivity contribution in [2.45, 2.75) is 0 Å². The lowest BCUT2D eigenvalue weighted by Gasteiger charge is -2.16. The molecule has 3 aromatic carbocycles. The molecule has 29 heavy (non-hydrogen) atoms. The van der Waals surface area contributed by atoms with Crippen molar-refractivity contribution in [1.29, 1.82) is 0 Å². The van der Waals surface area contributed by atoms with Crippen molar-refractivity contribution in [1.82, 2.24) is 10.2 Å². The quantitative estimate of drug-likeness (QED) is 0.497. The minimum Gasteiger partial charge on any atom is -0.366 e. The van der Waals surface area contributed by atoms with Crippen LogP contribution in [0, 0.1) is 12.3 Å². The van der Waals surface area contributed by atoms with Gasteiger partial charge in [0.05, 0.1) is 24.6 Å². The number of terminal acetylenes is 1. The summed E-state index contributed by atoms with van der Waals surface area (Å²) in [6.07, 6.45) is 5.50. The highest BCUT2D eigenvalue weighted by atomic mass is 15.3. The fourth-order valence-electron chi connectivity index (χ4n) is 3.68. The van der Waals surface area contributed by atoms with E-state index in [9.17, 15) is 0 Å². The van der Waals surface area contributed by atoms with Crippen molar-refractivity contribution in [3.05, 3.63) is 72.8 Å². The van der Waals surface area contributed by atoms with Gasteiger partial charge in [0, 0.05) is 22.0 Å². The van der Waals surface area contributed by atoms with E-state index >= 15 is 0 Å². The van der Waals surface area contributed by atoms with Gasteiger partial charge in [0.2, 0.25) is 0 Å². The molecule has 0 atom stereocenters. The normalized spacial score (nSPS) is 12.3. The maximum Gasteiger partial charge on any atom is 0.161 e. The molecule has 5 nitrogen and oxygen atoms in total. The lowest BCUT2D eigenvalue weighted by Crippen LogP contribution is -2.22. The molecule has 0 fully saturated rings. The molecule has 4 aromatic rings. The van der Waals surface area contributed by atoms with Gasteiger partial charge in [0.1, 0.15) is 5.69 Å². The Kier molecular flexibility index (Phi) is 4.23. The molecule has 0 spiro atoms. The second-order valence-corrected chi connectivity index (χ2v) is 6.90. The molecule has 140 valence electrons. The summed E-state index contributed by atoms with van der Waals surface area (Å²) in [5, 5.41) is 17.9. The summed E-state index contributed by atoms with van der Waals surface area (Å²) in [7, 11) is 0. The van der Waals surface area contributed by atoms with Gasteiger partial charge in [-0.2, -0.15) is 0 Å². The summed E-state index contributed by atoms with van der Waals surface area (Å²) < 4.78 is 0. The zero-order valence-corrected chi connectivity index (χ0v) is 15.8. The lowest BCUT2D eigenvalue weighted by atomic mass is 10.0. The predicted molar refractivity (Wildman–Crippen MR) is 119 cm³/mol. The van der Waals surface area contributed by atoms with Gasteiger partial charge in [-0.05, 0) is 18.2 Å². The molecule has 5 heteroatoms. The van der Waals surface area contributed by atoms with Crippen LogP contribution in [0.15, 0.2) is 72.8 Å². The van der Waals surface area contributed by atoms with Crippen LogP contribution in [0.3, 0.4) is 0 Å². The summed E-state index contributed by atoms with van der Waals surface area (Å²) in [6.45, 7) is 1.29. The molecule has 0 saturated carbocycles. The first-order valence-corrected chi connectivity index (χ1v) is 9.48. The van der Waals surface area contributed by atoms with E-state index in [1.807, 2.05) is 36.4 Å². The standard InChI is InChI=1S/C24H19N5/c1-2-14-29-16-25-21-13-12-18(15-22(21)29)26-24-20-11-7-6-10-19(20)23(27-28-24)17-8-4-3-5-9-17/h1,3-13,15,25H,14,16H2,(H,26,28). The third-order valence-corrected chi connectivity index (χ3v) is 5.08. The van der Waals surface area contributed by atoms with Crippen molar-refractivity contribution in [2.75, 3.05) is 28.7 Å². The Morgan fingerprint density at radius 3 is 2.59 bits per heavy atom. The minimum atomic E-state index is 0.567. The maximum atomic E-state index is 5.50. The summed E-state index contributed by atoms with van der Waals surface area (Å²) in [5.41, 5.74) is 5.05. The molecule has 2 heterocycles. The molecule has 0 unspecified atom stereocenters. The van der Waals surface area contributed by atoms with E-state index in [-0.39, 0.29) is 0 Å². The Hall–Kier alpha value is -4.04. The fraction of sp³-hybridized carbons (Fsp3) is 0.0833. The number of anilines is 4. The van der Waals surface area contributed by atoms with Crippen molar-refractivity contribution < 1.29 is 0 Å². The number of aromatic nitrogens is 2. The van der Waals surface area contributed by atoms with E-state index in [4.69, 9.17) is 6.42 Å². The molecule has 0 radical (unpaired) electrons. The smallest absolute Gasteiger partial charge is 0.161 e. The van der Waals surface area contributed by atoms with Gasteiger partial charge in [-0.3, -0.25) is 0 Å². The molecule has 2 N–H and O–H groups in total. The second-order valence-electron chi connectivity index (χ2n) is 6.90. The molecule has 0 saturated heterocycles. The molecule has 1 aromatic heterocycles. The van der Waals surface area contributed by atoms with Crippen LogP contribution in [0.25, 0.3) is 22.0 Å². The monoisotopic (exact) mass is 377 g/mol. The Bertz CT molecular complexity index is 1230. The van der Waals surface area contributed by atoms with Crippen molar-refractivity contribution >= 4 is 33.7 Å². The van der Waals surface area contributed by atoms with Gasteiger partial charge in [-0.1, -0.05) is 60.5 Å². The maximum absolute atomic E-state index is 5.50. The van der Waals surface area contributed by atoms with Crippen LogP contribution in [-0.2, 0) is 0 Å². The summed E-state index contributed by atoms with van der Waals surface area (Å²) in [5.74, 6) is 3.44. The fourth-order valence-corrected chi connectivity index (χ4v) is 3.68. The predicted octanol–water partition coefficient (Wildman–Crippen LogP) is 4.86. The molecular weight excluding hydrogens is 358 g/mol. The zero-order chi connectivity index (χ0) is 19.6. The van der Waals surface area contributed by atoms with Crippen LogP contribution in [0.2, 0.25) is 0 Å². The van der Waals surface area contributed by atoms with Crippen molar-refractivity contribution in [3.8, 4) is 23.6 Å². The average Bonchev–Trinajstić information content (AvgIpc) is 3.17. The third kappa shape index (κ3) is 3.11. The molecule has 0 bridgehead atoms. The number of rotatable bonds is 4. The van der Waals surface area contributed by atoms with E-state index < -0.39 is 0 Å². The average molecular weight is 377 g/mol. The Morgan fingerprint density at radius 1 is 0.966 bits per heavy atom. The summed E-state index contributed by atoms with van der Waals surface area (Å²) in [6, 6.07) is 24.5. The Labute approximate surface area is 169 Å². The Morgan fingerprint density at radius 2 is 1.76 bits per heavy atom. The van der Waals surface area contributed by atoms with Crippen LogP contribution in [-0.4, -0.2) is 23.4 Å². The number of nitrogens with one attached hydrogen (secondary N) is 2. The molecule has 5 rings (SSSR count). The van der Waals surface area contributed by atoms with Gasteiger partial charge in [0.25, 0.3) is 0 Å². The largest absolute Gasteiger partial charge is 0.366 e. The van der Waals surface area contributed by atoms with E-state index in [1.165, 1.54) is 0 Å². The molecule has 0 aliphatic carbocycles. The molecular formula is C24H19N5. The van der Waals surface area contributed by atoms with Crippen LogP contribution in [0.1, 0.15) is 0 Å². The van der Waals surface area contributed by atoms with Gasteiger partial charge < -0.3 is 15.5 Å². The second kappa shape index (κ2) is 7.17. The third-order valence-electron chi connectivity index (χ3n) is 5.08. The topological polar surface area (TPSA) is 53.1 Å². The van der Waals surface area contributed by atoms with Gasteiger partial charge >= 0.3 is 0 Å². The molecule has 1 aliphatic rings. The summed E-state index contributed by atoms with van der Waals surface area (Å²) >= 11 is 0. The van der Waals surface area contributed by atoms with Crippen LogP contribution >= 0.6 is 0 Å². The van der Waals surface area contributed by atoms with Gasteiger partial charge in [-0.15, -0.1) is 16.6 Å². The van der Waals surface area contributed by atoms with Crippen molar-refractivity contribution in [2.24, 2.45) is 0 Å². The first-order chi connectivity index (χ1) is 14.3. The number of benzene rings is 3. The van der Waals surface area contributed by atoms with Crippen LogP contribution in [0.5, 0.6) is 0 Å². The number of hydrogen-bond donors (Lipinski definition) is 2. The van der Waals surface area contributed by atoms with Gasteiger partial charge in [0.15, 0.2) is 5.82 Å². The first kappa shape index (κ1) is 17.1. The van der Waals surface area contributed by atoms with E-state index in [0.717, 1.165) is 51.6 Å². The van der Waals surface area contributed by atoms with E-state index in [2.05, 4.69) is 68.0 Å². The highest BCUT2D eigenvalue weighted by molar-refractivity contribution is 6.01. The highest BCUT2D eigenvalue weighted by Gasteiger charge is 2.18. The SMILES string of the molecule is C#CCN1CNc2ccc(Nc3nnc(-c4ccccc4)c4ccccc34)cc21. The molecule has 0 amide bonds. The highest BCUT2D eigenvalue weighted by Crippen LogP contribution is 2.36. The number of fused-ring (bicyclic) bond motifs is 2. The van der Waals surface area contributed by atoms with E-state index in [0.29, 0.717) is 6.54 Å². The minimum absolute atomic E-state index is 0.567. The first-order valence-electron chi connectivity index (χ1n) is 9.48.